The third-order valence-electron chi connectivity index (χ3n) is 4.81. The number of ketones is 1. The van der Waals surface area contributed by atoms with E-state index in [1.54, 1.807) is 35.8 Å². The van der Waals surface area contributed by atoms with Gasteiger partial charge in [0.05, 0.1) is 18.2 Å². The molecule has 0 aliphatic carbocycles. The number of hydrogen-bond donors (Lipinski definition) is 1. The quantitative estimate of drug-likeness (QED) is 0.282. The summed E-state index contributed by atoms with van der Waals surface area (Å²) >= 11 is 4.70. The highest BCUT2D eigenvalue weighted by Gasteiger charge is 2.48. The van der Waals surface area contributed by atoms with Gasteiger partial charge >= 0.3 is 5.91 Å². The number of carbonyl (C=O) groups excluding carboxylic acids is 2. The second-order valence-electron chi connectivity index (χ2n) is 6.92. The zero-order valence-electron chi connectivity index (χ0n) is 16.6. The third kappa shape index (κ3) is 4.13. The minimum absolute atomic E-state index is 0.0194. The highest BCUT2D eigenvalue weighted by atomic mass is 79.9. The summed E-state index contributed by atoms with van der Waals surface area (Å²) in [5.41, 5.74) is 1.11. The zero-order chi connectivity index (χ0) is 22.0. The van der Waals surface area contributed by atoms with Gasteiger partial charge in [0.1, 0.15) is 11.5 Å². The predicted molar refractivity (Wildman–Crippen MR) is 123 cm³/mol. The van der Waals surface area contributed by atoms with Crippen molar-refractivity contribution in [2.45, 2.75) is 19.4 Å². The normalized spacial score (nSPS) is 17.9. The van der Waals surface area contributed by atoms with E-state index in [0.717, 1.165) is 10.9 Å². The second-order valence-corrected chi connectivity index (χ2v) is 8.70. The van der Waals surface area contributed by atoms with Crippen molar-refractivity contribution >= 4 is 49.8 Å². The number of anilines is 1. The molecule has 2 heterocycles. The minimum Gasteiger partial charge on any atom is -0.507 e. The van der Waals surface area contributed by atoms with E-state index in [9.17, 15) is 14.7 Å². The van der Waals surface area contributed by atoms with Gasteiger partial charge in [-0.25, -0.2) is 4.98 Å². The number of Topliss-reactive ketones (excluding diaryl/α,β-unsaturated/α-hetero) is 1. The Morgan fingerprint density at radius 3 is 2.74 bits per heavy atom. The lowest BCUT2D eigenvalue weighted by atomic mass is 9.95. The first-order valence-electron chi connectivity index (χ1n) is 9.70. The monoisotopic (exact) mass is 498 g/mol. The Balaban J connectivity index is 1.88. The SMILES string of the molecule is CCCOc1cccc(/C(O)=C2\C(=O)C(=O)N(c3nccs3)C2c2cccc(Br)c2)c1. The molecule has 1 amide bonds. The highest BCUT2D eigenvalue weighted by Crippen LogP contribution is 2.43. The molecule has 2 aromatic carbocycles. The molecule has 3 aromatic rings. The number of aromatic nitrogens is 1. The zero-order valence-corrected chi connectivity index (χ0v) is 19.0. The fourth-order valence-corrected chi connectivity index (χ4v) is 4.55. The van der Waals surface area contributed by atoms with E-state index < -0.39 is 17.7 Å². The van der Waals surface area contributed by atoms with Crippen molar-refractivity contribution in [1.29, 1.82) is 0 Å². The summed E-state index contributed by atoms with van der Waals surface area (Å²) in [6.45, 7) is 2.54. The van der Waals surface area contributed by atoms with Crippen LogP contribution < -0.4 is 9.64 Å². The van der Waals surface area contributed by atoms with Crippen molar-refractivity contribution in [2.75, 3.05) is 11.5 Å². The van der Waals surface area contributed by atoms with Crippen molar-refractivity contribution in [3.63, 3.8) is 0 Å². The average molecular weight is 499 g/mol. The number of aliphatic hydroxyl groups is 1. The first kappa shape index (κ1) is 21.3. The molecule has 1 aromatic heterocycles. The molecular weight excluding hydrogens is 480 g/mol. The number of halogens is 1. The van der Waals surface area contributed by atoms with E-state index in [4.69, 9.17) is 4.74 Å². The van der Waals surface area contributed by atoms with Gasteiger partial charge in [0.15, 0.2) is 5.13 Å². The van der Waals surface area contributed by atoms with Crippen LogP contribution in [-0.2, 0) is 9.59 Å². The molecule has 1 N–H and O–H groups in total. The van der Waals surface area contributed by atoms with Crippen molar-refractivity contribution in [3.8, 4) is 5.75 Å². The maximum atomic E-state index is 13.1. The van der Waals surface area contributed by atoms with E-state index in [2.05, 4.69) is 20.9 Å². The van der Waals surface area contributed by atoms with Gasteiger partial charge in [0.25, 0.3) is 5.78 Å². The van der Waals surface area contributed by atoms with Crippen LogP contribution in [0.25, 0.3) is 5.76 Å². The van der Waals surface area contributed by atoms with Gasteiger partial charge < -0.3 is 9.84 Å². The Labute approximate surface area is 191 Å². The van der Waals surface area contributed by atoms with Gasteiger partial charge in [-0.05, 0) is 36.2 Å². The van der Waals surface area contributed by atoms with Gasteiger partial charge in [-0.3, -0.25) is 14.5 Å². The fourth-order valence-electron chi connectivity index (χ4n) is 3.47. The van der Waals surface area contributed by atoms with E-state index in [-0.39, 0.29) is 11.3 Å². The van der Waals surface area contributed by atoms with E-state index in [0.29, 0.717) is 28.6 Å². The first-order chi connectivity index (χ1) is 15.0. The average Bonchev–Trinajstić information content (AvgIpc) is 3.39. The van der Waals surface area contributed by atoms with E-state index >= 15 is 0 Å². The molecule has 1 aliphatic heterocycles. The summed E-state index contributed by atoms with van der Waals surface area (Å²) in [6.07, 6.45) is 2.42. The number of nitrogens with zero attached hydrogens (tertiary/aromatic N) is 2. The molecule has 0 bridgehead atoms. The number of rotatable bonds is 6. The molecular formula is C23H19BrN2O4S. The third-order valence-corrected chi connectivity index (χ3v) is 6.08. The Kier molecular flexibility index (Phi) is 6.20. The van der Waals surface area contributed by atoms with Crippen molar-refractivity contribution < 1.29 is 19.4 Å². The largest absolute Gasteiger partial charge is 0.507 e. The number of aliphatic hydroxyl groups excluding tert-OH is 1. The van der Waals surface area contributed by atoms with Crippen LogP contribution in [0.5, 0.6) is 5.75 Å². The maximum Gasteiger partial charge on any atom is 0.301 e. The van der Waals surface area contributed by atoms with Gasteiger partial charge in [0, 0.05) is 21.6 Å². The topological polar surface area (TPSA) is 79.7 Å². The number of benzene rings is 2. The van der Waals surface area contributed by atoms with Crippen LogP contribution in [0, 0.1) is 0 Å². The number of hydrogen-bond acceptors (Lipinski definition) is 6. The Hall–Kier alpha value is -2.97. The van der Waals surface area contributed by atoms with Crippen LogP contribution in [0.3, 0.4) is 0 Å². The van der Waals surface area contributed by atoms with Gasteiger partial charge in [-0.15, -0.1) is 11.3 Å². The van der Waals surface area contributed by atoms with Crippen molar-refractivity contribution in [2.24, 2.45) is 0 Å². The fraction of sp³-hybridized carbons (Fsp3) is 0.174. The Morgan fingerprint density at radius 1 is 1.23 bits per heavy atom. The molecule has 158 valence electrons. The lowest BCUT2D eigenvalue weighted by Crippen LogP contribution is -2.29. The summed E-state index contributed by atoms with van der Waals surface area (Å²) in [4.78, 5) is 31.6. The molecule has 1 aliphatic rings. The molecule has 31 heavy (non-hydrogen) atoms. The van der Waals surface area contributed by atoms with Gasteiger partial charge in [-0.1, -0.05) is 47.1 Å². The molecule has 1 saturated heterocycles. The second kappa shape index (κ2) is 9.03. The smallest absolute Gasteiger partial charge is 0.301 e. The first-order valence-corrected chi connectivity index (χ1v) is 11.4. The molecule has 4 rings (SSSR count). The van der Waals surface area contributed by atoms with Gasteiger partial charge in [-0.2, -0.15) is 0 Å². The van der Waals surface area contributed by atoms with Crippen LogP contribution in [0.2, 0.25) is 0 Å². The lowest BCUT2D eigenvalue weighted by molar-refractivity contribution is -0.132. The molecule has 1 fully saturated rings. The Morgan fingerprint density at radius 2 is 2.03 bits per heavy atom. The summed E-state index contributed by atoms with van der Waals surface area (Å²) in [5, 5.41) is 13.3. The molecule has 6 nitrogen and oxygen atoms in total. The van der Waals surface area contributed by atoms with Crippen LogP contribution in [0.4, 0.5) is 5.13 Å². The molecule has 1 atom stereocenters. The van der Waals surface area contributed by atoms with Crippen LogP contribution in [0.1, 0.15) is 30.5 Å². The summed E-state index contributed by atoms with van der Waals surface area (Å²) in [7, 11) is 0. The molecule has 0 spiro atoms. The number of carbonyl (C=O) groups is 2. The number of thiazole rings is 1. The lowest BCUT2D eigenvalue weighted by Gasteiger charge is -2.23. The Bertz CT molecular complexity index is 1160. The summed E-state index contributed by atoms with van der Waals surface area (Å²) in [6, 6.07) is 13.4. The standard InChI is InChI=1S/C23H19BrN2O4S/c1-2-10-30-17-8-4-6-15(13-17)20(27)18-19(14-5-3-7-16(24)12-14)26(22(29)21(18)28)23-25-9-11-31-23/h3-9,11-13,19,27H,2,10H2,1H3/b20-18+. The number of amides is 1. The number of ether oxygens (including phenoxy) is 1. The van der Waals surface area contributed by atoms with Crippen molar-refractivity contribution in [3.05, 3.63) is 81.3 Å². The van der Waals surface area contributed by atoms with E-state index in [1.165, 1.54) is 16.2 Å². The van der Waals surface area contributed by atoms with Crippen molar-refractivity contribution in [1.82, 2.24) is 4.98 Å². The highest BCUT2D eigenvalue weighted by molar-refractivity contribution is 9.10. The maximum absolute atomic E-state index is 13.1. The van der Waals surface area contributed by atoms with Crippen LogP contribution >= 0.6 is 27.3 Å². The predicted octanol–water partition coefficient (Wildman–Crippen LogP) is 5.32. The minimum atomic E-state index is -0.802. The molecule has 1 unspecified atom stereocenters. The van der Waals surface area contributed by atoms with Crippen LogP contribution in [0.15, 0.2) is 70.2 Å². The molecule has 8 heteroatoms. The summed E-state index contributed by atoms with van der Waals surface area (Å²) in [5.74, 6) is -1.14. The molecule has 0 radical (unpaired) electrons. The van der Waals surface area contributed by atoms with Crippen LogP contribution in [-0.4, -0.2) is 28.4 Å². The summed E-state index contributed by atoms with van der Waals surface area (Å²) < 4.78 is 6.45. The van der Waals surface area contributed by atoms with E-state index in [1.807, 2.05) is 31.2 Å². The molecule has 0 saturated carbocycles. The van der Waals surface area contributed by atoms with Gasteiger partial charge in [0.2, 0.25) is 0 Å².